The van der Waals surface area contributed by atoms with E-state index in [9.17, 15) is 9.59 Å². The van der Waals surface area contributed by atoms with Gasteiger partial charge in [0.05, 0.1) is 6.04 Å². The Morgan fingerprint density at radius 1 is 0.960 bits per heavy atom. The third kappa shape index (κ3) is 4.23. The highest BCUT2D eigenvalue weighted by molar-refractivity contribution is 6.05. The van der Waals surface area contributed by atoms with Crippen molar-refractivity contribution in [2.45, 2.75) is 44.7 Å². The highest BCUT2D eigenvalue weighted by atomic mass is 16.1. The lowest BCUT2D eigenvalue weighted by atomic mass is 9.92. The van der Waals surface area contributed by atoms with E-state index in [0.717, 1.165) is 19.4 Å². The Balaban J connectivity index is 1.86. The standard InChI is InChI=1S/C22H25NO2/c1-17-10-8-9-15-23(17)20(22(25)19-13-6-3-7-14-19)16-21(24)18-11-4-2-5-12-18/h2-7,11-14,17,20H,8-10,15-16H2,1H3. The predicted molar refractivity (Wildman–Crippen MR) is 100.0 cm³/mol. The Labute approximate surface area is 149 Å². The Morgan fingerprint density at radius 2 is 1.56 bits per heavy atom. The fourth-order valence-electron chi connectivity index (χ4n) is 3.66. The molecule has 3 nitrogen and oxygen atoms in total. The zero-order valence-corrected chi connectivity index (χ0v) is 14.7. The Hall–Kier alpha value is -2.26. The van der Waals surface area contributed by atoms with Crippen molar-refractivity contribution in [3.63, 3.8) is 0 Å². The first-order valence-electron chi connectivity index (χ1n) is 9.10. The highest BCUT2D eigenvalue weighted by Gasteiger charge is 2.33. The lowest BCUT2D eigenvalue weighted by molar-refractivity contribution is 0.0605. The van der Waals surface area contributed by atoms with Gasteiger partial charge in [0.25, 0.3) is 0 Å². The monoisotopic (exact) mass is 335 g/mol. The molecule has 2 unspecified atom stereocenters. The second-order valence-corrected chi connectivity index (χ2v) is 6.82. The first kappa shape index (κ1) is 17.6. The van der Waals surface area contributed by atoms with Gasteiger partial charge in [-0.2, -0.15) is 0 Å². The van der Waals surface area contributed by atoms with Crippen LogP contribution in [-0.4, -0.2) is 35.1 Å². The van der Waals surface area contributed by atoms with Gasteiger partial charge in [-0.25, -0.2) is 0 Å². The number of Topliss-reactive ketones (excluding diaryl/α,β-unsaturated/α-hetero) is 2. The number of nitrogens with zero attached hydrogens (tertiary/aromatic N) is 1. The largest absolute Gasteiger partial charge is 0.294 e. The minimum atomic E-state index is -0.384. The van der Waals surface area contributed by atoms with E-state index < -0.39 is 0 Å². The molecule has 2 atom stereocenters. The van der Waals surface area contributed by atoms with Crippen LogP contribution in [0.25, 0.3) is 0 Å². The van der Waals surface area contributed by atoms with Crippen molar-refractivity contribution in [2.75, 3.05) is 6.54 Å². The summed E-state index contributed by atoms with van der Waals surface area (Å²) in [4.78, 5) is 28.2. The fourth-order valence-corrected chi connectivity index (χ4v) is 3.66. The van der Waals surface area contributed by atoms with Crippen LogP contribution in [0.4, 0.5) is 0 Å². The maximum absolute atomic E-state index is 13.2. The lowest BCUT2D eigenvalue weighted by Gasteiger charge is -2.38. The van der Waals surface area contributed by atoms with Gasteiger partial charge < -0.3 is 0 Å². The summed E-state index contributed by atoms with van der Waals surface area (Å²) in [5, 5.41) is 0. The van der Waals surface area contributed by atoms with E-state index in [1.807, 2.05) is 60.7 Å². The summed E-state index contributed by atoms with van der Waals surface area (Å²) in [7, 11) is 0. The molecule has 0 amide bonds. The molecule has 1 fully saturated rings. The second-order valence-electron chi connectivity index (χ2n) is 6.82. The summed E-state index contributed by atoms with van der Waals surface area (Å²) in [6.45, 7) is 3.05. The van der Waals surface area contributed by atoms with Gasteiger partial charge in [0.1, 0.15) is 0 Å². The quantitative estimate of drug-likeness (QED) is 0.735. The van der Waals surface area contributed by atoms with Gasteiger partial charge >= 0.3 is 0 Å². The van der Waals surface area contributed by atoms with Gasteiger partial charge in [-0.3, -0.25) is 14.5 Å². The Kier molecular flexibility index (Phi) is 5.77. The smallest absolute Gasteiger partial charge is 0.180 e. The van der Waals surface area contributed by atoms with Crippen LogP contribution in [0.1, 0.15) is 53.3 Å². The predicted octanol–water partition coefficient (Wildman–Crippen LogP) is 4.39. The normalized spacial score (nSPS) is 19.3. The Bertz CT molecular complexity index is 711. The van der Waals surface area contributed by atoms with E-state index in [2.05, 4.69) is 11.8 Å². The molecule has 0 saturated carbocycles. The number of carbonyl (C=O) groups is 2. The molecular weight excluding hydrogens is 310 g/mol. The summed E-state index contributed by atoms with van der Waals surface area (Å²) >= 11 is 0. The first-order chi connectivity index (χ1) is 12.2. The number of benzene rings is 2. The van der Waals surface area contributed by atoms with Crippen LogP contribution in [0.15, 0.2) is 60.7 Å². The number of piperidine rings is 1. The number of rotatable bonds is 6. The molecule has 0 N–H and O–H groups in total. The molecule has 1 saturated heterocycles. The number of hydrogen-bond donors (Lipinski definition) is 0. The van der Waals surface area contributed by atoms with Gasteiger partial charge in [0.2, 0.25) is 0 Å². The van der Waals surface area contributed by atoms with Crippen molar-refractivity contribution < 1.29 is 9.59 Å². The molecule has 2 aromatic carbocycles. The number of hydrogen-bond acceptors (Lipinski definition) is 3. The molecule has 3 heteroatoms. The van der Waals surface area contributed by atoms with Gasteiger partial charge in [-0.05, 0) is 26.3 Å². The molecule has 0 bridgehead atoms. The highest BCUT2D eigenvalue weighted by Crippen LogP contribution is 2.24. The van der Waals surface area contributed by atoms with Crippen LogP contribution in [-0.2, 0) is 0 Å². The van der Waals surface area contributed by atoms with Crippen LogP contribution >= 0.6 is 0 Å². The molecule has 0 spiro atoms. The van der Waals surface area contributed by atoms with E-state index in [1.54, 1.807) is 0 Å². The summed E-state index contributed by atoms with van der Waals surface area (Å²) in [6.07, 6.45) is 3.60. The van der Waals surface area contributed by atoms with Crippen molar-refractivity contribution >= 4 is 11.6 Å². The summed E-state index contributed by atoms with van der Waals surface area (Å²) in [6, 6.07) is 18.6. The van der Waals surface area contributed by atoms with Gasteiger partial charge in [0, 0.05) is 23.6 Å². The number of likely N-dealkylation sites (tertiary alicyclic amines) is 1. The van der Waals surface area contributed by atoms with Crippen molar-refractivity contribution in [3.8, 4) is 0 Å². The Morgan fingerprint density at radius 3 is 2.16 bits per heavy atom. The maximum Gasteiger partial charge on any atom is 0.180 e. The third-order valence-corrected chi connectivity index (χ3v) is 5.09. The third-order valence-electron chi connectivity index (χ3n) is 5.09. The minimum absolute atomic E-state index is 0.0349. The summed E-state index contributed by atoms with van der Waals surface area (Å²) < 4.78 is 0. The van der Waals surface area contributed by atoms with Crippen molar-refractivity contribution in [1.82, 2.24) is 4.90 Å². The van der Waals surface area contributed by atoms with Crippen molar-refractivity contribution in [1.29, 1.82) is 0 Å². The average molecular weight is 335 g/mol. The van der Waals surface area contributed by atoms with Crippen LogP contribution in [0.2, 0.25) is 0 Å². The average Bonchev–Trinajstić information content (AvgIpc) is 2.67. The number of ketones is 2. The fraction of sp³-hybridized carbons (Fsp3) is 0.364. The molecule has 0 aliphatic carbocycles. The molecular formula is C22H25NO2. The second kappa shape index (κ2) is 8.21. The van der Waals surface area contributed by atoms with Crippen LogP contribution in [0, 0.1) is 0 Å². The topological polar surface area (TPSA) is 37.4 Å². The molecule has 3 rings (SSSR count). The van der Waals surface area contributed by atoms with Gasteiger partial charge in [-0.15, -0.1) is 0 Å². The van der Waals surface area contributed by atoms with E-state index in [1.165, 1.54) is 6.42 Å². The van der Waals surface area contributed by atoms with Crippen LogP contribution < -0.4 is 0 Å². The zero-order valence-electron chi connectivity index (χ0n) is 14.7. The molecule has 130 valence electrons. The molecule has 1 aliphatic rings. The summed E-state index contributed by atoms with van der Waals surface area (Å²) in [5.41, 5.74) is 1.36. The molecule has 0 aromatic heterocycles. The summed E-state index contributed by atoms with van der Waals surface area (Å²) in [5.74, 6) is 0.0892. The molecule has 2 aromatic rings. The zero-order chi connectivity index (χ0) is 17.6. The van der Waals surface area contributed by atoms with E-state index in [-0.39, 0.29) is 24.0 Å². The van der Waals surface area contributed by atoms with Gasteiger partial charge in [0.15, 0.2) is 11.6 Å². The first-order valence-corrected chi connectivity index (χ1v) is 9.10. The number of carbonyl (C=O) groups excluding carboxylic acids is 2. The molecule has 1 aliphatic heterocycles. The van der Waals surface area contributed by atoms with E-state index >= 15 is 0 Å². The SMILES string of the molecule is CC1CCCCN1C(CC(=O)c1ccccc1)C(=O)c1ccccc1. The van der Waals surface area contributed by atoms with Crippen LogP contribution in [0.5, 0.6) is 0 Å². The van der Waals surface area contributed by atoms with Crippen molar-refractivity contribution in [2.24, 2.45) is 0 Å². The molecule has 25 heavy (non-hydrogen) atoms. The minimum Gasteiger partial charge on any atom is -0.294 e. The van der Waals surface area contributed by atoms with Gasteiger partial charge in [-0.1, -0.05) is 67.1 Å². The lowest BCUT2D eigenvalue weighted by Crippen LogP contribution is -2.49. The van der Waals surface area contributed by atoms with E-state index in [4.69, 9.17) is 0 Å². The van der Waals surface area contributed by atoms with E-state index in [0.29, 0.717) is 17.2 Å². The maximum atomic E-state index is 13.2. The molecule has 0 radical (unpaired) electrons. The van der Waals surface area contributed by atoms with Crippen molar-refractivity contribution in [3.05, 3.63) is 71.8 Å². The van der Waals surface area contributed by atoms with Crippen LogP contribution in [0.3, 0.4) is 0 Å². The molecule has 1 heterocycles.